The van der Waals surface area contributed by atoms with Gasteiger partial charge in [0.15, 0.2) is 6.10 Å². The third kappa shape index (κ3) is 55.2. The van der Waals surface area contributed by atoms with Crippen LogP contribution in [0.2, 0.25) is 0 Å². The number of unbranched alkanes of at least 4 members (excludes halogenated alkanes) is 43. The van der Waals surface area contributed by atoms with Gasteiger partial charge in [0, 0.05) is 19.3 Å². The molecule has 398 valence electrons. The first kappa shape index (κ1) is 65.4. The SMILES string of the molecule is CCCCCCCCCCCCCCCCCCCCCC(=O)O[C@@H](COC(=O)CCCCCCCCCCCCCC)COC(=O)CCCCCCCCCCCCCCCCCC(C)C. The molecule has 0 aliphatic carbocycles. The van der Waals surface area contributed by atoms with Crippen molar-refractivity contribution in [2.75, 3.05) is 13.2 Å². The molecule has 6 heteroatoms. The van der Waals surface area contributed by atoms with Crippen LogP contribution in [0.3, 0.4) is 0 Å². The van der Waals surface area contributed by atoms with Crippen LogP contribution in [-0.4, -0.2) is 37.2 Å². The van der Waals surface area contributed by atoms with Gasteiger partial charge in [-0.15, -0.1) is 0 Å². The Kier molecular flexibility index (Phi) is 54.0. The Morgan fingerprint density at radius 3 is 0.731 bits per heavy atom. The molecule has 0 amide bonds. The molecule has 0 N–H and O–H groups in total. The molecule has 0 aromatic carbocycles. The molecule has 6 nitrogen and oxygen atoms in total. The van der Waals surface area contributed by atoms with Gasteiger partial charge in [-0.25, -0.2) is 0 Å². The Morgan fingerprint density at radius 2 is 0.493 bits per heavy atom. The number of hydrogen-bond acceptors (Lipinski definition) is 6. The van der Waals surface area contributed by atoms with E-state index in [0.717, 1.165) is 63.7 Å². The third-order valence-corrected chi connectivity index (χ3v) is 14.0. The maximum absolute atomic E-state index is 12.9. The van der Waals surface area contributed by atoms with Gasteiger partial charge in [0.2, 0.25) is 0 Å². The summed E-state index contributed by atoms with van der Waals surface area (Å²) in [7, 11) is 0. The molecule has 0 heterocycles. The van der Waals surface area contributed by atoms with E-state index in [0.29, 0.717) is 19.3 Å². The zero-order chi connectivity index (χ0) is 48.8. The molecule has 0 unspecified atom stereocenters. The van der Waals surface area contributed by atoms with Crippen molar-refractivity contribution in [2.24, 2.45) is 5.92 Å². The molecular weight excluding hydrogens is 829 g/mol. The van der Waals surface area contributed by atoms with Crippen LogP contribution in [0, 0.1) is 5.92 Å². The maximum atomic E-state index is 12.9. The molecule has 0 bridgehead atoms. The summed E-state index contributed by atoms with van der Waals surface area (Å²) in [4.78, 5) is 38.2. The summed E-state index contributed by atoms with van der Waals surface area (Å²) < 4.78 is 16.9. The lowest BCUT2D eigenvalue weighted by Crippen LogP contribution is -2.30. The number of carbonyl (C=O) groups is 3. The molecule has 0 fully saturated rings. The Labute approximate surface area is 418 Å². The normalized spacial score (nSPS) is 12.0. The van der Waals surface area contributed by atoms with Gasteiger partial charge in [-0.2, -0.15) is 0 Å². The second-order valence-electron chi connectivity index (χ2n) is 21.5. The largest absolute Gasteiger partial charge is 0.462 e. The van der Waals surface area contributed by atoms with Gasteiger partial charge in [-0.3, -0.25) is 14.4 Å². The fourth-order valence-corrected chi connectivity index (χ4v) is 9.46. The summed E-state index contributed by atoms with van der Waals surface area (Å²) in [5.74, 6) is 0.0170. The second kappa shape index (κ2) is 55.3. The third-order valence-electron chi connectivity index (χ3n) is 14.0. The minimum atomic E-state index is -0.762. The molecule has 0 saturated heterocycles. The van der Waals surface area contributed by atoms with Crippen LogP contribution in [0.1, 0.15) is 349 Å². The first-order valence-electron chi connectivity index (χ1n) is 30.4. The molecular formula is C61H118O6. The predicted molar refractivity (Wildman–Crippen MR) is 289 cm³/mol. The van der Waals surface area contributed by atoms with E-state index >= 15 is 0 Å². The number of rotatable bonds is 56. The van der Waals surface area contributed by atoms with Gasteiger partial charge >= 0.3 is 17.9 Å². The highest BCUT2D eigenvalue weighted by Gasteiger charge is 2.19. The summed E-state index contributed by atoms with van der Waals surface area (Å²) in [5, 5.41) is 0. The van der Waals surface area contributed by atoms with Crippen LogP contribution in [0.25, 0.3) is 0 Å². The first-order chi connectivity index (χ1) is 32.9. The van der Waals surface area contributed by atoms with Crippen LogP contribution >= 0.6 is 0 Å². The van der Waals surface area contributed by atoms with E-state index in [1.54, 1.807) is 0 Å². The van der Waals surface area contributed by atoms with E-state index in [9.17, 15) is 14.4 Å². The van der Waals surface area contributed by atoms with E-state index in [-0.39, 0.29) is 31.1 Å². The lowest BCUT2D eigenvalue weighted by atomic mass is 10.0. The van der Waals surface area contributed by atoms with Gasteiger partial charge in [-0.1, -0.05) is 310 Å². The first-order valence-corrected chi connectivity index (χ1v) is 30.4. The highest BCUT2D eigenvalue weighted by atomic mass is 16.6. The molecule has 0 rings (SSSR count). The lowest BCUT2D eigenvalue weighted by molar-refractivity contribution is -0.167. The topological polar surface area (TPSA) is 78.9 Å². The fourth-order valence-electron chi connectivity index (χ4n) is 9.46. The van der Waals surface area contributed by atoms with Crippen molar-refractivity contribution in [1.29, 1.82) is 0 Å². The Morgan fingerprint density at radius 1 is 0.284 bits per heavy atom. The fraction of sp³-hybridized carbons (Fsp3) is 0.951. The molecule has 0 aliphatic heterocycles. The van der Waals surface area contributed by atoms with Crippen molar-refractivity contribution in [3.8, 4) is 0 Å². The summed E-state index contributed by atoms with van der Waals surface area (Å²) >= 11 is 0. The number of hydrogen-bond donors (Lipinski definition) is 0. The van der Waals surface area contributed by atoms with Crippen LogP contribution in [0.4, 0.5) is 0 Å². The Balaban J connectivity index is 4.25. The second-order valence-corrected chi connectivity index (χ2v) is 21.5. The van der Waals surface area contributed by atoms with Crippen LogP contribution < -0.4 is 0 Å². The highest BCUT2D eigenvalue weighted by Crippen LogP contribution is 2.18. The smallest absolute Gasteiger partial charge is 0.306 e. The van der Waals surface area contributed by atoms with Crippen molar-refractivity contribution in [3.05, 3.63) is 0 Å². The van der Waals surface area contributed by atoms with E-state index in [2.05, 4.69) is 27.7 Å². The minimum Gasteiger partial charge on any atom is -0.462 e. The van der Waals surface area contributed by atoms with E-state index < -0.39 is 6.10 Å². The average molecular weight is 948 g/mol. The quantitative estimate of drug-likeness (QED) is 0.0343. The van der Waals surface area contributed by atoms with E-state index in [4.69, 9.17) is 14.2 Å². The van der Waals surface area contributed by atoms with Gasteiger partial charge < -0.3 is 14.2 Å². The zero-order valence-electron chi connectivity index (χ0n) is 45.9. The average Bonchev–Trinajstić information content (AvgIpc) is 3.31. The zero-order valence-corrected chi connectivity index (χ0v) is 45.9. The molecule has 0 aromatic heterocycles. The van der Waals surface area contributed by atoms with Crippen molar-refractivity contribution in [2.45, 2.75) is 355 Å². The lowest BCUT2D eigenvalue weighted by Gasteiger charge is -2.18. The standard InChI is InChI=1S/C61H118O6/c1-5-7-9-11-13-15-17-19-20-21-22-23-26-30-34-38-42-46-50-54-61(64)67-58(55-65-59(62)52-48-44-40-36-32-18-16-14-12-10-8-6-2)56-66-60(63)53-49-45-41-37-33-29-27-24-25-28-31-35-39-43-47-51-57(3)4/h57-58H,5-56H2,1-4H3/t58-/m0/s1. The molecule has 0 radical (unpaired) electrons. The summed E-state index contributed by atoms with van der Waals surface area (Å²) in [5.41, 5.74) is 0. The minimum absolute atomic E-state index is 0.0616. The Bertz CT molecular complexity index is 1010. The summed E-state index contributed by atoms with van der Waals surface area (Å²) in [6.07, 6.45) is 61.0. The van der Waals surface area contributed by atoms with Crippen molar-refractivity contribution in [3.63, 3.8) is 0 Å². The molecule has 1 atom stereocenters. The molecule has 0 spiro atoms. The van der Waals surface area contributed by atoms with E-state index in [1.807, 2.05) is 0 Å². The van der Waals surface area contributed by atoms with E-state index in [1.165, 1.54) is 244 Å². The van der Waals surface area contributed by atoms with Gasteiger partial charge in [0.25, 0.3) is 0 Å². The van der Waals surface area contributed by atoms with Crippen LogP contribution in [-0.2, 0) is 28.6 Å². The van der Waals surface area contributed by atoms with Gasteiger partial charge in [0.05, 0.1) is 0 Å². The number of ether oxygens (including phenoxy) is 3. The molecule has 67 heavy (non-hydrogen) atoms. The summed E-state index contributed by atoms with van der Waals surface area (Å²) in [6, 6.07) is 0. The van der Waals surface area contributed by atoms with Crippen LogP contribution in [0.5, 0.6) is 0 Å². The van der Waals surface area contributed by atoms with Crippen molar-refractivity contribution < 1.29 is 28.6 Å². The summed E-state index contributed by atoms with van der Waals surface area (Å²) in [6.45, 7) is 9.08. The number of carbonyl (C=O) groups excluding carboxylic acids is 3. The maximum Gasteiger partial charge on any atom is 0.306 e. The molecule has 0 saturated carbocycles. The highest BCUT2D eigenvalue weighted by molar-refractivity contribution is 5.71. The monoisotopic (exact) mass is 947 g/mol. The van der Waals surface area contributed by atoms with Gasteiger partial charge in [0.1, 0.15) is 13.2 Å². The Hall–Kier alpha value is -1.59. The van der Waals surface area contributed by atoms with Gasteiger partial charge in [-0.05, 0) is 25.2 Å². The number of esters is 3. The van der Waals surface area contributed by atoms with Crippen molar-refractivity contribution >= 4 is 17.9 Å². The molecule has 0 aliphatic rings. The van der Waals surface area contributed by atoms with Crippen LogP contribution in [0.15, 0.2) is 0 Å². The predicted octanol–water partition coefficient (Wildman–Crippen LogP) is 20.2. The van der Waals surface area contributed by atoms with Crippen molar-refractivity contribution in [1.82, 2.24) is 0 Å². The molecule has 0 aromatic rings.